The van der Waals surface area contributed by atoms with Gasteiger partial charge in [-0.25, -0.2) is 8.78 Å². The summed E-state index contributed by atoms with van der Waals surface area (Å²) in [6.45, 7) is 10.5. The van der Waals surface area contributed by atoms with Crippen molar-refractivity contribution in [2.75, 3.05) is 18.5 Å². The Bertz CT molecular complexity index is 1570. The molecule has 45 heavy (non-hydrogen) atoms. The minimum atomic E-state index is -1.73. The van der Waals surface area contributed by atoms with Gasteiger partial charge in [0.1, 0.15) is 17.0 Å². The molecule has 0 radical (unpaired) electrons. The molecule has 4 unspecified atom stereocenters. The molecule has 2 heterocycles. The Morgan fingerprint density at radius 3 is 2.58 bits per heavy atom. The molecule has 3 N–H and O–H groups in total. The first kappa shape index (κ1) is 34.8. The number of carbonyl (C=O) groups is 1. The molecule has 2 aromatic carbocycles. The number of ether oxygens (including phenoxy) is 1. The van der Waals surface area contributed by atoms with E-state index in [0.717, 1.165) is 6.07 Å². The lowest BCUT2D eigenvalue weighted by Gasteiger charge is -2.37. The number of carbonyl (C=O) groups excluding carboxylic acids is 1. The fourth-order valence-electron chi connectivity index (χ4n) is 6.13. The van der Waals surface area contributed by atoms with Crippen molar-refractivity contribution >= 4 is 34.9 Å². The molecule has 4 rings (SSSR count). The molecule has 3 aromatic rings. The minimum absolute atomic E-state index is 0.00327. The van der Waals surface area contributed by atoms with Crippen LogP contribution in [0.15, 0.2) is 48.7 Å². The van der Waals surface area contributed by atoms with Gasteiger partial charge in [-0.15, -0.1) is 0 Å². The van der Waals surface area contributed by atoms with Crippen molar-refractivity contribution in [3.05, 3.63) is 81.5 Å². The summed E-state index contributed by atoms with van der Waals surface area (Å²) < 4.78 is 39.1. The lowest BCUT2D eigenvalue weighted by atomic mass is 9.62. The first-order valence-electron chi connectivity index (χ1n) is 14.8. The third kappa shape index (κ3) is 7.67. The van der Waals surface area contributed by atoms with E-state index in [-0.39, 0.29) is 39.0 Å². The van der Waals surface area contributed by atoms with Crippen molar-refractivity contribution in [2.45, 2.75) is 83.0 Å². The second-order valence-corrected chi connectivity index (χ2v) is 14.1. The number of halogens is 4. The van der Waals surface area contributed by atoms with Gasteiger partial charge < -0.3 is 20.5 Å². The molecule has 0 spiro atoms. The van der Waals surface area contributed by atoms with E-state index in [2.05, 4.69) is 21.8 Å². The molecule has 4 atom stereocenters. The summed E-state index contributed by atoms with van der Waals surface area (Å²) in [4.78, 5) is 14.1. The minimum Gasteiger partial charge on any atom is -0.396 e. The molecular weight excluding hydrogens is 623 g/mol. The Kier molecular flexibility index (Phi) is 10.6. The van der Waals surface area contributed by atoms with Crippen LogP contribution in [0.4, 0.5) is 14.6 Å². The van der Waals surface area contributed by atoms with Crippen LogP contribution in [-0.4, -0.2) is 51.7 Å². The molecule has 1 aliphatic rings. The number of amides is 1. The summed E-state index contributed by atoms with van der Waals surface area (Å²) in [7, 11) is 0. The molecule has 1 amide bonds. The van der Waals surface area contributed by atoms with Crippen LogP contribution < -0.4 is 10.6 Å². The predicted octanol–water partition coefficient (Wildman–Crippen LogP) is 6.61. The van der Waals surface area contributed by atoms with Gasteiger partial charge in [0.05, 0.1) is 29.3 Å². The normalized spacial score (nSPS) is 21.9. The van der Waals surface area contributed by atoms with Crippen LogP contribution >= 0.6 is 23.2 Å². The van der Waals surface area contributed by atoms with Crippen molar-refractivity contribution in [2.24, 2.45) is 5.41 Å². The molecule has 1 fully saturated rings. The number of rotatable bonds is 11. The molecule has 0 saturated carbocycles. The second-order valence-electron chi connectivity index (χ2n) is 13.3. The number of aliphatic hydroxyl groups is 1. The van der Waals surface area contributed by atoms with E-state index in [1.54, 1.807) is 23.0 Å². The van der Waals surface area contributed by atoms with E-state index in [1.807, 2.05) is 34.6 Å². The van der Waals surface area contributed by atoms with Crippen molar-refractivity contribution in [1.82, 2.24) is 15.1 Å². The summed E-state index contributed by atoms with van der Waals surface area (Å²) >= 11 is 12.3. The van der Waals surface area contributed by atoms with Gasteiger partial charge in [0.25, 0.3) is 0 Å². The fourth-order valence-corrected chi connectivity index (χ4v) is 6.47. The number of aliphatic hydroxyl groups excluding tert-OH is 1. The third-order valence-corrected chi connectivity index (χ3v) is 8.49. The van der Waals surface area contributed by atoms with E-state index < -0.39 is 46.6 Å². The molecule has 0 bridgehead atoms. The first-order chi connectivity index (χ1) is 21.1. The Morgan fingerprint density at radius 1 is 1.20 bits per heavy atom. The number of nitriles is 1. The lowest BCUT2D eigenvalue weighted by molar-refractivity contribution is -0.118. The number of anilines is 1. The average Bonchev–Trinajstić information content (AvgIpc) is 3.50. The van der Waals surface area contributed by atoms with Crippen molar-refractivity contribution < 1.29 is 23.4 Å². The van der Waals surface area contributed by atoms with E-state index in [0.29, 0.717) is 26.0 Å². The number of nitrogens with one attached hydrogen (secondary N) is 2. The maximum Gasteiger partial charge on any atom is 0.243 e. The monoisotopic (exact) mass is 661 g/mol. The van der Waals surface area contributed by atoms with Crippen LogP contribution in [0, 0.1) is 28.4 Å². The highest BCUT2D eigenvalue weighted by atomic mass is 35.5. The van der Waals surface area contributed by atoms with Crippen LogP contribution in [0.5, 0.6) is 0 Å². The lowest BCUT2D eigenvalue weighted by Crippen LogP contribution is -2.45. The van der Waals surface area contributed by atoms with E-state index in [4.69, 9.17) is 33.0 Å². The van der Waals surface area contributed by atoms with Gasteiger partial charge in [0, 0.05) is 48.0 Å². The van der Waals surface area contributed by atoms with Gasteiger partial charge in [-0.05, 0) is 55.9 Å². The van der Waals surface area contributed by atoms with Crippen molar-refractivity contribution in [1.29, 1.82) is 5.26 Å². The van der Waals surface area contributed by atoms with Crippen LogP contribution in [0.25, 0.3) is 0 Å². The molecule has 1 saturated heterocycles. The fraction of sp³-hybridized carbons (Fsp3) is 0.485. The maximum atomic E-state index is 15.9. The highest BCUT2D eigenvalue weighted by Gasteiger charge is 2.61. The molecule has 12 heteroatoms. The number of hydrogen-bond donors (Lipinski definition) is 3. The van der Waals surface area contributed by atoms with Crippen LogP contribution in [0.1, 0.15) is 64.5 Å². The first-order valence-corrected chi connectivity index (χ1v) is 15.5. The van der Waals surface area contributed by atoms with Gasteiger partial charge in [0.15, 0.2) is 5.82 Å². The average molecular weight is 663 g/mol. The third-order valence-electron chi connectivity index (χ3n) is 7.96. The van der Waals surface area contributed by atoms with Crippen LogP contribution in [-0.2, 0) is 21.5 Å². The molecular formula is C33H39Cl2F2N5O3. The Hall–Kier alpha value is -3.07. The van der Waals surface area contributed by atoms with E-state index >= 15 is 8.78 Å². The molecule has 242 valence electrons. The van der Waals surface area contributed by atoms with E-state index in [1.165, 1.54) is 24.3 Å². The zero-order valence-electron chi connectivity index (χ0n) is 26.0. The summed E-state index contributed by atoms with van der Waals surface area (Å²) in [5.74, 6) is -3.06. The topological polar surface area (TPSA) is 112 Å². The summed E-state index contributed by atoms with van der Waals surface area (Å²) in [6.07, 6.45) is 2.55. The number of benzene rings is 2. The highest BCUT2D eigenvalue weighted by Crippen LogP contribution is 2.52. The van der Waals surface area contributed by atoms with Gasteiger partial charge in [-0.1, -0.05) is 62.2 Å². The van der Waals surface area contributed by atoms with Gasteiger partial charge in [0.2, 0.25) is 5.91 Å². The van der Waals surface area contributed by atoms with Crippen LogP contribution in [0.3, 0.4) is 0 Å². The van der Waals surface area contributed by atoms with Gasteiger partial charge in [-0.3, -0.25) is 9.48 Å². The summed E-state index contributed by atoms with van der Waals surface area (Å²) in [6, 6.07) is 10.4. The predicted molar refractivity (Wildman–Crippen MR) is 170 cm³/mol. The molecule has 1 aromatic heterocycles. The second kappa shape index (κ2) is 13.7. The SMILES string of the molecule is CC(C)(C)CC1NC(C(=O)Nc2ccn(CC(C)(C)OCCCO)n2)C(c2cccc(Cl)c2F)C1(C#N)c1ccc(Cl)cc1F. The number of nitrogens with zero attached hydrogens (tertiary/aromatic N) is 3. The smallest absolute Gasteiger partial charge is 0.243 e. The zero-order valence-corrected chi connectivity index (χ0v) is 27.5. The van der Waals surface area contributed by atoms with Gasteiger partial charge in [-0.2, -0.15) is 10.4 Å². The highest BCUT2D eigenvalue weighted by molar-refractivity contribution is 6.31. The maximum absolute atomic E-state index is 15.9. The largest absolute Gasteiger partial charge is 0.396 e. The Labute approximate surface area is 272 Å². The van der Waals surface area contributed by atoms with Crippen molar-refractivity contribution in [3.8, 4) is 6.07 Å². The Balaban J connectivity index is 1.78. The van der Waals surface area contributed by atoms with Gasteiger partial charge >= 0.3 is 0 Å². The quantitative estimate of drug-likeness (QED) is 0.200. The zero-order chi connectivity index (χ0) is 33.2. The summed E-state index contributed by atoms with van der Waals surface area (Å²) in [5.41, 5.74) is -2.68. The molecule has 8 nitrogen and oxygen atoms in total. The number of hydrogen-bond acceptors (Lipinski definition) is 6. The van der Waals surface area contributed by atoms with Crippen molar-refractivity contribution in [3.63, 3.8) is 0 Å². The Morgan fingerprint density at radius 2 is 1.93 bits per heavy atom. The molecule has 0 aliphatic carbocycles. The number of aromatic nitrogens is 2. The van der Waals surface area contributed by atoms with Crippen LogP contribution in [0.2, 0.25) is 10.0 Å². The van der Waals surface area contributed by atoms with E-state index in [9.17, 15) is 10.1 Å². The molecule has 1 aliphatic heterocycles. The summed E-state index contributed by atoms with van der Waals surface area (Å²) in [5, 5.41) is 30.6. The standard InChI is InChI=1S/C33H39Cl2F2N5O3/c1-31(2,3)17-25-33(18-38,22-11-10-20(34)16-24(22)36)27(21-8-6-9-23(35)28(21)37)29(39-25)30(44)40-26-12-13-42(41-26)19-32(4,5)45-15-7-14-43/h6,8-13,16,25,27,29,39,43H,7,14-15,17,19H2,1-5H3,(H,40,41,44).